The molecule has 4 nitrogen and oxygen atoms in total. The van der Waals surface area contributed by atoms with Crippen molar-refractivity contribution in [3.05, 3.63) is 0 Å². The first kappa shape index (κ1) is 15.4. The second-order valence-corrected chi connectivity index (χ2v) is 5.57. The highest BCUT2D eigenvalue weighted by molar-refractivity contribution is 5.79. The summed E-state index contributed by atoms with van der Waals surface area (Å²) >= 11 is 0. The van der Waals surface area contributed by atoms with E-state index in [1.165, 1.54) is 0 Å². The van der Waals surface area contributed by atoms with Crippen LogP contribution in [0.5, 0.6) is 0 Å². The standard InChI is InChI=1S/C14H29N3O/c1-5-17(11-7-10-16(3)4)14(18)13-8-6-9-15-12(13)2/h12-13,15H,5-11H2,1-4H3. The summed E-state index contributed by atoms with van der Waals surface area (Å²) in [5.41, 5.74) is 0. The molecule has 1 aliphatic rings. The number of rotatable bonds is 6. The fourth-order valence-electron chi connectivity index (χ4n) is 2.62. The van der Waals surface area contributed by atoms with Crippen LogP contribution >= 0.6 is 0 Å². The average Bonchev–Trinajstić information content (AvgIpc) is 2.34. The second-order valence-electron chi connectivity index (χ2n) is 5.57. The third kappa shape index (κ3) is 4.58. The molecule has 2 unspecified atom stereocenters. The zero-order chi connectivity index (χ0) is 13.5. The van der Waals surface area contributed by atoms with Gasteiger partial charge in [0.2, 0.25) is 5.91 Å². The predicted octanol–water partition coefficient (Wildman–Crippen LogP) is 1.17. The van der Waals surface area contributed by atoms with Gasteiger partial charge < -0.3 is 15.1 Å². The molecule has 0 aromatic carbocycles. The Morgan fingerprint density at radius 3 is 2.61 bits per heavy atom. The maximum absolute atomic E-state index is 12.5. The fourth-order valence-corrected chi connectivity index (χ4v) is 2.62. The maximum Gasteiger partial charge on any atom is 0.227 e. The molecule has 18 heavy (non-hydrogen) atoms. The van der Waals surface area contributed by atoms with Crippen molar-refractivity contribution in [3.63, 3.8) is 0 Å². The zero-order valence-electron chi connectivity index (χ0n) is 12.4. The summed E-state index contributed by atoms with van der Waals surface area (Å²) in [6.07, 6.45) is 3.22. The van der Waals surface area contributed by atoms with E-state index in [9.17, 15) is 4.79 Å². The van der Waals surface area contributed by atoms with Gasteiger partial charge in [-0.25, -0.2) is 0 Å². The number of hydrogen-bond acceptors (Lipinski definition) is 3. The monoisotopic (exact) mass is 255 g/mol. The Morgan fingerprint density at radius 1 is 1.33 bits per heavy atom. The van der Waals surface area contributed by atoms with Crippen LogP contribution in [0, 0.1) is 5.92 Å². The Kier molecular flexibility index (Phi) is 6.65. The molecular formula is C14H29N3O. The molecule has 4 heteroatoms. The van der Waals surface area contributed by atoms with Gasteiger partial charge in [0.05, 0.1) is 5.92 Å². The molecule has 1 rings (SSSR count). The van der Waals surface area contributed by atoms with Crippen molar-refractivity contribution in [1.29, 1.82) is 0 Å². The first-order chi connectivity index (χ1) is 8.56. The minimum absolute atomic E-state index is 0.179. The van der Waals surface area contributed by atoms with E-state index in [4.69, 9.17) is 0 Å². The van der Waals surface area contributed by atoms with Crippen LogP contribution in [0.1, 0.15) is 33.1 Å². The van der Waals surface area contributed by atoms with Crippen molar-refractivity contribution in [2.45, 2.75) is 39.2 Å². The number of hydrogen-bond donors (Lipinski definition) is 1. The summed E-state index contributed by atoms with van der Waals surface area (Å²) in [6.45, 7) is 8.02. The zero-order valence-corrected chi connectivity index (χ0v) is 12.4. The third-order valence-electron chi connectivity index (χ3n) is 3.81. The normalized spacial score (nSPS) is 24.3. The van der Waals surface area contributed by atoms with Crippen LogP contribution in [0.3, 0.4) is 0 Å². The molecule has 106 valence electrons. The van der Waals surface area contributed by atoms with E-state index in [2.05, 4.69) is 38.2 Å². The van der Waals surface area contributed by atoms with Crippen LogP contribution < -0.4 is 5.32 Å². The largest absolute Gasteiger partial charge is 0.343 e. The number of amides is 1. The Hall–Kier alpha value is -0.610. The number of piperidine rings is 1. The van der Waals surface area contributed by atoms with E-state index in [1.807, 2.05) is 4.90 Å². The molecule has 1 saturated heterocycles. The first-order valence-electron chi connectivity index (χ1n) is 7.23. The summed E-state index contributed by atoms with van der Waals surface area (Å²) in [5.74, 6) is 0.522. The molecule has 0 aromatic heterocycles. The van der Waals surface area contributed by atoms with Crippen molar-refractivity contribution in [3.8, 4) is 0 Å². The van der Waals surface area contributed by atoms with Gasteiger partial charge in [-0.2, -0.15) is 0 Å². The molecule has 0 radical (unpaired) electrons. The van der Waals surface area contributed by atoms with Crippen LogP contribution in [0.15, 0.2) is 0 Å². The van der Waals surface area contributed by atoms with Crippen LogP contribution in [-0.2, 0) is 4.79 Å². The van der Waals surface area contributed by atoms with Gasteiger partial charge in [-0.15, -0.1) is 0 Å². The lowest BCUT2D eigenvalue weighted by atomic mass is 9.90. The number of carbonyl (C=O) groups is 1. The molecule has 0 bridgehead atoms. The first-order valence-corrected chi connectivity index (χ1v) is 7.23. The van der Waals surface area contributed by atoms with E-state index >= 15 is 0 Å². The van der Waals surface area contributed by atoms with Gasteiger partial charge >= 0.3 is 0 Å². The summed E-state index contributed by atoms with van der Waals surface area (Å²) in [6, 6.07) is 0.328. The lowest BCUT2D eigenvalue weighted by Gasteiger charge is -2.33. The fraction of sp³-hybridized carbons (Fsp3) is 0.929. The van der Waals surface area contributed by atoms with Crippen LogP contribution in [0.2, 0.25) is 0 Å². The average molecular weight is 255 g/mol. The van der Waals surface area contributed by atoms with Gasteiger partial charge in [0.25, 0.3) is 0 Å². The van der Waals surface area contributed by atoms with E-state index in [-0.39, 0.29) is 5.92 Å². The van der Waals surface area contributed by atoms with Gasteiger partial charge in [-0.3, -0.25) is 4.79 Å². The second kappa shape index (κ2) is 7.74. The molecule has 0 spiro atoms. The topological polar surface area (TPSA) is 35.6 Å². The highest BCUT2D eigenvalue weighted by Gasteiger charge is 2.30. The molecule has 0 aromatic rings. The Balaban J connectivity index is 2.44. The molecular weight excluding hydrogens is 226 g/mol. The highest BCUT2D eigenvalue weighted by Crippen LogP contribution is 2.19. The molecule has 2 atom stereocenters. The smallest absolute Gasteiger partial charge is 0.227 e. The molecule has 0 saturated carbocycles. The SMILES string of the molecule is CCN(CCCN(C)C)C(=O)C1CCCNC1C. The molecule has 0 aliphatic carbocycles. The Bertz CT molecular complexity index is 255. The lowest BCUT2D eigenvalue weighted by Crippen LogP contribution is -2.48. The molecule has 1 fully saturated rings. The summed E-state index contributed by atoms with van der Waals surface area (Å²) in [5, 5.41) is 3.41. The summed E-state index contributed by atoms with van der Waals surface area (Å²) in [4.78, 5) is 16.7. The molecule has 1 amide bonds. The van der Waals surface area contributed by atoms with Crippen LogP contribution in [0.4, 0.5) is 0 Å². The quantitative estimate of drug-likeness (QED) is 0.774. The predicted molar refractivity (Wildman–Crippen MR) is 75.6 cm³/mol. The van der Waals surface area contributed by atoms with Gasteiger partial charge in [-0.1, -0.05) is 0 Å². The van der Waals surface area contributed by atoms with E-state index in [0.29, 0.717) is 11.9 Å². The minimum Gasteiger partial charge on any atom is -0.343 e. The maximum atomic E-state index is 12.5. The highest BCUT2D eigenvalue weighted by atomic mass is 16.2. The van der Waals surface area contributed by atoms with Gasteiger partial charge in [0.1, 0.15) is 0 Å². The van der Waals surface area contributed by atoms with Crippen molar-refractivity contribution in [2.24, 2.45) is 5.92 Å². The number of nitrogens with zero attached hydrogens (tertiary/aromatic N) is 2. The van der Waals surface area contributed by atoms with E-state index in [0.717, 1.165) is 45.4 Å². The third-order valence-corrected chi connectivity index (χ3v) is 3.81. The number of carbonyl (C=O) groups excluding carboxylic acids is 1. The summed E-state index contributed by atoms with van der Waals surface area (Å²) in [7, 11) is 4.15. The van der Waals surface area contributed by atoms with Crippen molar-refractivity contribution < 1.29 is 4.79 Å². The minimum atomic E-state index is 0.179. The van der Waals surface area contributed by atoms with E-state index < -0.39 is 0 Å². The number of nitrogens with one attached hydrogen (secondary N) is 1. The lowest BCUT2D eigenvalue weighted by molar-refractivity contribution is -0.137. The Morgan fingerprint density at radius 2 is 2.06 bits per heavy atom. The Labute approximate surface area is 112 Å². The van der Waals surface area contributed by atoms with E-state index in [1.54, 1.807) is 0 Å². The molecule has 1 heterocycles. The van der Waals surface area contributed by atoms with Crippen molar-refractivity contribution in [2.75, 3.05) is 40.3 Å². The molecule has 1 N–H and O–H groups in total. The van der Waals surface area contributed by atoms with Crippen molar-refractivity contribution in [1.82, 2.24) is 15.1 Å². The van der Waals surface area contributed by atoms with Crippen molar-refractivity contribution >= 4 is 5.91 Å². The van der Waals surface area contributed by atoms with Gasteiger partial charge in [0.15, 0.2) is 0 Å². The molecule has 1 aliphatic heterocycles. The van der Waals surface area contributed by atoms with Crippen LogP contribution in [-0.4, -0.2) is 62.0 Å². The van der Waals surface area contributed by atoms with Crippen LogP contribution in [0.25, 0.3) is 0 Å². The van der Waals surface area contributed by atoms with Gasteiger partial charge in [0, 0.05) is 19.1 Å². The van der Waals surface area contributed by atoms with Gasteiger partial charge in [-0.05, 0) is 60.3 Å². The summed E-state index contributed by atoms with van der Waals surface area (Å²) < 4.78 is 0.